The predicted molar refractivity (Wildman–Crippen MR) is 151 cm³/mol. The summed E-state index contributed by atoms with van der Waals surface area (Å²) in [5.41, 5.74) is 8.30. The Hall–Kier alpha value is -3.88. The number of nitrogens with one attached hydrogen (secondary N) is 2. The maximum atomic E-state index is 13.7. The zero-order chi connectivity index (χ0) is 27.4. The Labute approximate surface area is 232 Å². The quantitative estimate of drug-likeness (QED) is 0.409. The number of benzene rings is 3. The number of carbonyl (C=O) groups excluding carboxylic acids is 3. The molecule has 3 aromatic carbocycles. The molecule has 0 aromatic heterocycles. The molecule has 0 saturated heterocycles. The number of rotatable bonds is 6. The Morgan fingerprint density at radius 1 is 1.03 bits per heavy atom. The summed E-state index contributed by atoms with van der Waals surface area (Å²) in [4.78, 5) is 41.4. The molecule has 3 aromatic rings. The minimum Gasteiger partial charge on any atom is -0.484 e. The number of carbonyl (C=O) groups is 3. The van der Waals surface area contributed by atoms with Crippen LogP contribution in [0.3, 0.4) is 0 Å². The lowest BCUT2D eigenvalue weighted by atomic mass is 9.91. The van der Waals surface area contributed by atoms with Gasteiger partial charge in [0.25, 0.3) is 11.8 Å². The smallest absolute Gasteiger partial charge is 0.265 e. The molecule has 3 atom stereocenters. The van der Waals surface area contributed by atoms with Crippen LogP contribution in [-0.2, 0) is 9.59 Å². The molecule has 1 heterocycles. The number of anilines is 2. The van der Waals surface area contributed by atoms with Crippen LogP contribution in [0.2, 0.25) is 5.02 Å². The van der Waals surface area contributed by atoms with E-state index in [9.17, 15) is 14.4 Å². The number of fused-ring (bicyclic) bond motifs is 1. The topological polar surface area (TPSA) is 114 Å². The second kappa shape index (κ2) is 11.9. The molecule has 1 aliphatic heterocycles. The Morgan fingerprint density at radius 3 is 2.51 bits per heavy atom. The number of hydrogen-bond acceptors (Lipinski definition) is 5. The first-order chi connectivity index (χ1) is 18.9. The second-order valence-electron chi connectivity index (χ2n) is 9.95. The highest BCUT2D eigenvalue weighted by Crippen LogP contribution is 2.39. The number of hydrogen-bond donors (Lipinski definition) is 3. The van der Waals surface area contributed by atoms with Crippen LogP contribution >= 0.6 is 11.6 Å². The Bertz CT molecular complexity index is 1350. The maximum absolute atomic E-state index is 13.7. The lowest BCUT2D eigenvalue weighted by Gasteiger charge is -2.31. The van der Waals surface area contributed by atoms with E-state index in [-0.39, 0.29) is 42.8 Å². The van der Waals surface area contributed by atoms with Crippen molar-refractivity contribution in [3.8, 4) is 5.75 Å². The van der Waals surface area contributed by atoms with E-state index in [0.717, 1.165) is 31.2 Å². The summed E-state index contributed by atoms with van der Waals surface area (Å²) in [7, 11) is 0. The Kier molecular flexibility index (Phi) is 8.14. The first-order valence-corrected chi connectivity index (χ1v) is 13.5. The standard InChI is InChI=1S/C30H31ClN4O4/c31-21-11-13-22(14-12-21)39-18-29(37)35-26-15-10-20(30(38)34-24-9-5-4-8-23(24)32)16-25(26)33-28(36)17-27(35)19-6-2-1-3-7-19/h1-3,6-7,10-16,23-24,27H,4-5,8-9,17-18,32H2,(H,33,36)(H,34,38). The van der Waals surface area contributed by atoms with E-state index in [1.807, 2.05) is 30.3 Å². The van der Waals surface area contributed by atoms with Gasteiger partial charge in [-0.25, -0.2) is 0 Å². The highest BCUT2D eigenvalue weighted by molar-refractivity contribution is 6.30. The van der Waals surface area contributed by atoms with Gasteiger partial charge < -0.3 is 21.1 Å². The minimum absolute atomic E-state index is 0.0455. The fourth-order valence-electron chi connectivity index (χ4n) is 5.21. The van der Waals surface area contributed by atoms with Crippen LogP contribution in [0, 0.1) is 0 Å². The van der Waals surface area contributed by atoms with Gasteiger partial charge in [-0.2, -0.15) is 0 Å². The zero-order valence-electron chi connectivity index (χ0n) is 21.4. The van der Waals surface area contributed by atoms with Crippen LogP contribution in [0.5, 0.6) is 5.75 Å². The van der Waals surface area contributed by atoms with Crippen LogP contribution in [0.4, 0.5) is 11.4 Å². The maximum Gasteiger partial charge on any atom is 0.265 e. The molecule has 1 fully saturated rings. The van der Waals surface area contributed by atoms with Gasteiger partial charge in [0.05, 0.1) is 23.8 Å². The van der Waals surface area contributed by atoms with Crippen molar-refractivity contribution in [3.05, 3.63) is 88.9 Å². The van der Waals surface area contributed by atoms with Crippen LogP contribution in [0.25, 0.3) is 0 Å². The normalized spacial score (nSPS) is 20.8. The van der Waals surface area contributed by atoms with E-state index in [0.29, 0.717) is 27.7 Å². The lowest BCUT2D eigenvalue weighted by Crippen LogP contribution is -2.49. The van der Waals surface area contributed by atoms with Crippen LogP contribution in [0.15, 0.2) is 72.8 Å². The SMILES string of the molecule is NC1CCCCC1NC(=O)c1ccc2c(c1)NC(=O)CC(c1ccccc1)N2C(=O)COc1ccc(Cl)cc1. The van der Waals surface area contributed by atoms with Crippen molar-refractivity contribution in [2.45, 2.75) is 50.2 Å². The van der Waals surface area contributed by atoms with E-state index >= 15 is 0 Å². The fourth-order valence-corrected chi connectivity index (χ4v) is 5.34. The van der Waals surface area contributed by atoms with E-state index < -0.39 is 6.04 Å². The summed E-state index contributed by atoms with van der Waals surface area (Å²) < 4.78 is 5.77. The van der Waals surface area contributed by atoms with Crippen LogP contribution in [-0.4, -0.2) is 36.4 Å². The molecular weight excluding hydrogens is 516 g/mol. The summed E-state index contributed by atoms with van der Waals surface area (Å²) >= 11 is 5.96. The average molecular weight is 547 g/mol. The van der Waals surface area contributed by atoms with Crippen molar-refractivity contribution in [2.24, 2.45) is 5.73 Å². The van der Waals surface area contributed by atoms with E-state index in [2.05, 4.69) is 10.6 Å². The van der Waals surface area contributed by atoms with Crippen LogP contribution < -0.4 is 26.0 Å². The molecule has 0 bridgehead atoms. The molecule has 9 heteroatoms. The number of halogens is 1. The summed E-state index contributed by atoms with van der Waals surface area (Å²) in [6.45, 7) is -0.250. The van der Waals surface area contributed by atoms with Gasteiger partial charge in [0.2, 0.25) is 5.91 Å². The van der Waals surface area contributed by atoms with Gasteiger partial charge in [-0.3, -0.25) is 19.3 Å². The molecule has 1 saturated carbocycles. The summed E-state index contributed by atoms with van der Waals surface area (Å²) in [6.07, 6.45) is 3.84. The molecule has 8 nitrogen and oxygen atoms in total. The third-order valence-electron chi connectivity index (χ3n) is 7.25. The van der Waals surface area contributed by atoms with Crippen LogP contribution in [0.1, 0.15) is 54.1 Å². The van der Waals surface area contributed by atoms with Gasteiger partial charge in [-0.1, -0.05) is 54.8 Å². The highest BCUT2D eigenvalue weighted by Gasteiger charge is 2.34. The van der Waals surface area contributed by atoms with E-state index in [4.69, 9.17) is 22.1 Å². The average Bonchev–Trinajstić information content (AvgIpc) is 3.09. The molecule has 3 unspecified atom stereocenters. The second-order valence-corrected chi connectivity index (χ2v) is 10.4. The van der Waals surface area contributed by atoms with Crippen molar-refractivity contribution in [2.75, 3.05) is 16.8 Å². The predicted octanol–water partition coefficient (Wildman–Crippen LogP) is 4.84. The largest absolute Gasteiger partial charge is 0.484 e. The lowest BCUT2D eigenvalue weighted by molar-refractivity contribution is -0.121. The van der Waals surface area contributed by atoms with Crippen molar-refractivity contribution < 1.29 is 19.1 Å². The number of ether oxygens (including phenoxy) is 1. The van der Waals surface area contributed by atoms with Gasteiger partial charge >= 0.3 is 0 Å². The third kappa shape index (κ3) is 6.24. The monoisotopic (exact) mass is 546 g/mol. The molecule has 4 N–H and O–H groups in total. The minimum atomic E-state index is -0.561. The molecule has 0 spiro atoms. The van der Waals surface area contributed by atoms with Gasteiger partial charge in [0.15, 0.2) is 6.61 Å². The van der Waals surface area contributed by atoms with Gasteiger partial charge in [-0.05, 0) is 60.9 Å². The van der Waals surface area contributed by atoms with Crippen molar-refractivity contribution in [1.82, 2.24) is 5.32 Å². The highest BCUT2D eigenvalue weighted by atomic mass is 35.5. The summed E-state index contributed by atoms with van der Waals surface area (Å²) in [5, 5.41) is 6.51. The molecule has 39 heavy (non-hydrogen) atoms. The number of nitrogens with zero attached hydrogens (tertiary/aromatic N) is 1. The first kappa shape index (κ1) is 26.7. The zero-order valence-corrected chi connectivity index (χ0v) is 22.2. The molecule has 202 valence electrons. The summed E-state index contributed by atoms with van der Waals surface area (Å²) in [5.74, 6) is -0.351. The van der Waals surface area contributed by atoms with Crippen molar-refractivity contribution >= 4 is 40.7 Å². The number of nitrogens with two attached hydrogens (primary N) is 1. The summed E-state index contributed by atoms with van der Waals surface area (Å²) in [6, 6.07) is 20.4. The van der Waals surface area contributed by atoms with Crippen molar-refractivity contribution in [1.29, 1.82) is 0 Å². The molecule has 2 aliphatic rings. The third-order valence-corrected chi connectivity index (χ3v) is 7.50. The molecule has 1 aliphatic carbocycles. The van der Waals surface area contributed by atoms with Gasteiger partial charge in [0.1, 0.15) is 5.75 Å². The van der Waals surface area contributed by atoms with Crippen molar-refractivity contribution in [3.63, 3.8) is 0 Å². The fraction of sp³-hybridized carbons (Fsp3) is 0.300. The number of amides is 3. The molecular formula is C30H31ClN4O4. The van der Waals surface area contributed by atoms with Gasteiger partial charge in [-0.15, -0.1) is 0 Å². The molecule has 5 rings (SSSR count). The Balaban J connectivity index is 1.45. The first-order valence-electron chi connectivity index (χ1n) is 13.1. The van der Waals surface area contributed by atoms with E-state index in [1.54, 1.807) is 47.4 Å². The van der Waals surface area contributed by atoms with E-state index in [1.165, 1.54) is 0 Å². The van der Waals surface area contributed by atoms with Gasteiger partial charge in [0, 0.05) is 22.7 Å². The molecule has 0 radical (unpaired) electrons. The Morgan fingerprint density at radius 2 is 1.77 bits per heavy atom. The molecule has 3 amide bonds.